The van der Waals surface area contributed by atoms with Crippen molar-refractivity contribution in [3.63, 3.8) is 0 Å². The molecule has 4 N–H and O–H groups in total. The molecule has 7 heteroatoms. The van der Waals surface area contributed by atoms with Crippen molar-refractivity contribution in [2.75, 3.05) is 42.6 Å². The molecule has 0 aliphatic carbocycles. The number of anilines is 2. The van der Waals surface area contributed by atoms with Gasteiger partial charge < -0.3 is 25.7 Å². The zero-order valence-corrected chi connectivity index (χ0v) is 12.6. The van der Waals surface area contributed by atoms with Gasteiger partial charge in [-0.25, -0.2) is 9.97 Å². The molecule has 0 amide bonds. The Morgan fingerprint density at radius 1 is 1.32 bits per heavy atom. The smallest absolute Gasteiger partial charge is 0.134 e. The van der Waals surface area contributed by atoms with Gasteiger partial charge in [-0.2, -0.15) is 0 Å². The molecule has 0 aromatic carbocycles. The molecule has 3 heterocycles. The maximum Gasteiger partial charge on any atom is 0.134 e. The van der Waals surface area contributed by atoms with Crippen LogP contribution in [0.2, 0.25) is 0 Å². The van der Waals surface area contributed by atoms with Gasteiger partial charge in [-0.15, -0.1) is 0 Å². The summed E-state index contributed by atoms with van der Waals surface area (Å²) in [4.78, 5) is 12.9. The van der Waals surface area contributed by atoms with Crippen LogP contribution in [0, 0.1) is 0 Å². The Morgan fingerprint density at radius 2 is 2.14 bits per heavy atom. The summed E-state index contributed by atoms with van der Waals surface area (Å²) >= 11 is 0. The lowest BCUT2D eigenvalue weighted by molar-refractivity contribution is 0.194. The molecular formula is C15H23N5O2. The third-order valence-corrected chi connectivity index (χ3v) is 4.43. The molecule has 1 aromatic rings. The largest absolute Gasteiger partial charge is 0.392 e. The van der Waals surface area contributed by atoms with Gasteiger partial charge in [-0.05, 0) is 18.4 Å². The van der Waals surface area contributed by atoms with E-state index in [0.717, 1.165) is 36.7 Å². The number of hydrogen-bond acceptors (Lipinski definition) is 7. The highest BCUT2D eigenvalue weighted by molar-refractivity contribution is 5.52. The third-order valence-electron chi connectivity index (χ3n) is 4.43. The fraction of sp³-hybridized carbons (Fsp3) is 0.600. The van der Waals surface area contributed by atoms with Crippen LogP contribution in [0.5, 0.6) is 0 Å². The minimum Gasteiger partial charge on any atom is -0.392 e. The van der Waals surface area contributed by atoms with Crippen LogP contribution < -0.4 is 15.5 Å². The van der Waals surface area contributed by atoms with Gasteiger partial charge >= 0.3 is 0 Å². The Balaban J connectivity index is 1.77. The average Bonchev–Trinajstić information content (AvgIpc) is 2.96. The predicted octanol–water partition coefficient (Wildman–Crippen LogP) is -0.496. The monoisotopic (exact) mass is 305 g/mol. The zero-order chi connectivity index (χ0) is 15.5. The number of aromatic nitrogens is 2. The lowest BCUT2D eigenvalue weighted by Gasteiger charge is -2.29. The van der Waals surface area contributed by atoms with Crippen molar-refractivity contribution >= 4 is 11.6 Å². The highest BCUT2D eigenvalue weighted by atomic mass is 16.3. The second kappa shape index (κ2) is 6.60. The summed E-state index contributed by atoms with van der Waals surface area (Å²) in [6.07, 6.45) is 4.80. The molecule has 0 unspecified atom stereocenters. The maximum atomic E-state index is 9.85. The van der Waals surface area contributed by atoms with Crippen LogP contribution in [0.1, 0.15) is 12.8 Å². The van der Waals surface area contributed by atoms with E-state index >= 15 is 0 Å². The number of nitrogens with zero attached hydrogens (tertiary/aromatic N) is 4. The zero-order valence-electron chi connectivity index (χ0n) is 12.6. The van der Waals surface area contributed by atoms with E-state index in [1.54, 1.807) is 6.33 Å². The van der Waals surface area contributed by atoms with Crippen molar-refractivity contribution in [3.05, 3.63) is 24.0 Å². The predicted molar refractivity (Wildman–Crippen MR) is 84.8 cm³/mol. The summed E-state index contributed by atoms with van der Waals surface area (Å²) in [5, 5.41) is 19.0. The molecule has 2 aliphatic rings. The minimum atomic E-state index is -0.350. The molecule has 0 radical (unpaired) electrons. The Morgan fingerprint density at radius 3 is 2.82 bits per heavy atom. The third kappa shape index (κ3) is 3.06. The normalized spacial score (nSPS) is 25.5. The second-order valence-corrected chi connectivity index (χ2v) is 5.88. The van der Waals surface area contributed by atoms with E-state index in [1.807, 2.05) is 12.1 Å². The average molecular weight is 305 g/mol. The van der Waals surface area contributed by atoms with Crippen molar-refractivity contribution in [1.29, 1.82) is 0 Å². The molecule has 0 spiro atoms. The van der Waals surface area contributed by atoms with Gasteiger partial charge in [0.1, 0.15) is 18.0 Å². The number of β-amino-alcohol motifs (C(OH)–C–C–N with tert-alkyl or cyclic N) is 1. The van der Waals surface area contributed by atoms with Gasteiger partial charge in [0.25, 0.3) is 0 Å². The molecule has 120 valence electrons. The molecule has 0 bridgehead atoms. The van der Waals surface area contributed by atoms with Crippen LogP contribution in [-0.2, 0) is 0 Å². The molecule has 2 aliphatic heterocycles. The first-order chi connectivity index (χ1) is 10.7. The van der Waals surface area contributed by atoms with E-state index in [4.69, 9.17) is 10.8 Å². The van der Waals surface area contributed by atoms with Crippen LogP contribution in [0.4, 0.5) is 11.6 Å². The van der Waals surface area contributed by atoms with Crippen molar-refractivity contribution < 1.29 is 10.2 Å². The fourth-order valence-corrected chi connectivity index (χ4v) is 3.13. The van der Waals surface area contributed by atoms with Crippen LogP contribution in [0.3, 0.4) is 0 Å². The molecule has 1 saturated heterocycles. The van der Waals surface area contributed by atoms with Crippen LogP contribution in [0.25, 0.3) is 0 Å². The van der Waals surface area contributed by atoms with E-state index in [0.29, 0.717) is 19.5 Å². The Kier molecular flexibility index (Phi) is 4.56. The van der Waals surface area contributed by atoms with Gasteiger partial charge in [0.05, 0.1) is 12.7 Å². The topological polar surface area (TPSA) is 98.7 Å². The number of aliphatic hydroxyl groups excluding tert-OH is 2. The standard InChI is InChI=1S/C15H23N5O2/c16-7-12-5-13(22)8-20(12)15-6-14(17-10-18-15)19-3-1-11(9-21)2-4-19/h1,6,10,12-13,21-22H,2-5,7-9,16H2/t12-,13-/m1/s1. The van der Waals surface area contributed by atoms with Crippen LogP contribution in [0.15, 0.2) is 24.0 Å². The minimum absolute atomic E-state index is 0.125. The van der Waals surface area contributed by atoms with E-state index in [1.165, 1.54) is 0 Å². The van der Waals surface area contributed by atoms with Crippen molar-refractivity contribution in [2.45, 2.75) is 25.0 Å². The first-order valence-electron chi connectivity index (χ1n) is 7.71. The number of nitrogens with two attached hydrogens (primary N) is 1. The van der Waals surface area contributed by atoms with Gasteiger partial charge in [0.15, 0.2) is 0 Å². The van der Waals surface area contributed by atoms with E-state index in [2.05, 4.69) is 19.8 Å². The molecule has 22 heavy (non-hydrogen) atoms. The molecule has 7 nitrogen and oxygen atoms in total. The highest BCUT2D eigenvalue weighted by Gasteiger charge is 2.31. The Hall–Kier alpha value is -1.70. The van der Waals surface area contributed by atoms with Gasteiger partial charge in [-0.3, -0.25) is 0 Å². The lowest BCUT2D eigenvalue weighted by atomic mass is 10.1. The molecular weight excluding hydrogens is 282 g/mol. The van der Waals surface area contributed by atoms with Crippen molar-refractivity contribution in [2.24, 2.45) is 5.73 Å². The maximum absolute atomic E-state index is 9.85. The summed E-state index contributed by atoms with van der Waals surface area (Å²) < 4.78 is 0. The molecule has 3 rings (SSSR count). The van der Waals surface area contributed by atoms with Gasteiger partial charge in [-0.1, -0.05) is 6.08 Å². The summed E-state index contributed by atoms with van der Waals surface area (Å²) in [5.74, 6) is 1.68. The molecule has 2 atom stereocenters. The molecule has 0 saturated carbocycles. The van der Waals surface area contributed by atoms with E-state index in [-0.39, 0.29) is 18.8 Å². The summed E-state index contributed by atoms with van der Waals surface area (Å²) in [5.41, 5.74) is 6.88. The van der Waals surface area contributed by atoms with E-state index < -0.39 is 0 Å². The molecule has 1 aromatic heterocycles. The first kappa shape index (κ1) is 15.2. The SMILES string of the molecule is NC[C@H]1C[C@@H](O)CN1c1cc(N2CC=C(CO)CC2)ncn1. The Bertz CT molecular complexity index is 550. The molecule has 1 fully saturated rings. The highest BCUT2D eigenvalue weighted by Crippen LogP contribution is 2.26. The fourth-order valence-electron chi connectivity index (χ4n) is 3.13. The van der Waals surface area contributed by atoms with Crippen molar-refractivity contribution in [3.8, 4) is 0 Å². The van der Waals surface area contributed by atoms with Crippen molar-refractivity contribution in [1.82, 2.24) is 9.97 Å². The summed E-state index contributed by atoms with van der Waals surface area (Å²) in [6, 6.07) is 2.08. The quantitative estimate of drug-likeness (QED) is 0.645. The number of hydrogen-bond donors (Lipinski definition) is 3. The Labute approximate surface area is 130 Å². The van der Waals surface area contributed by atoms with Gasteiger partial charge in [0, 0.05) is 38.3 Å². The second-order valence-electron chi connectivity index (χ2n) is 5.88. The summed E-state index contributed by atoms with van der Waals surface area (Å²) in [6.45, 7) is 2.78. The number of rotatable bonds is 4. The van der Waals surface area contributed by atoms with Crippen LogP contribution >= 0.6 is 0 Å². The van der Waals surface area contributed by atoms with Crippen LogP contribution in [-0.4, -0.2) is 65.1 Å². The van der Waals surface area contributed by atoms with E-state index in [9.17, 15) is 5.11 Å². The first-order valence-corrected chi connectivity index (χ1v) is 7.71. The number of aliphatic hydroxyl groups is 2. The summed E-state index contributed by atoms with van der Waals surface area (Å²) in [7, 11) is 0. The lowest BCUT2D eigenvalue weighted by Crippen LogP contribution is -2.36. The van der Waals surface area contributed by atoms with Gasteiger partial charge in [0.2, 0.25) is 0 Å².